The lowest BCUT2D eigenvalue weighted by atomic mass is 9.45. The van der Waals surface area contributed by atoms with Gasteiger partial charge < -0.3 is 25.5 Å². The van der Waals surface area contributed by atoms with E-state index in [1.54, 1.807) is 6.08 Å². The van der Waals surface area contributed by atoms with Crippen molar-refractivity contribution in [2.24, 2.45) is 28.6 Å². The van der Waals surface area contributed by atoms with Crippen molar-refractivity contribution in [3.8, 4) is 0 Å². The molecule has 0 aromatic carbocycles. The fourth-order valence-corrected chi connectivity index (χ4v) is 7.48. The minimum atomic E-state index is -1.44. The first-order valence-electron chi connectivity index (χ1n) is 10.2. The molecule has 152 valence electrons. The van der Waals surface area contributed by atoms with Gasteiger partial charge in [0.15, 0.2) is 5.78 Å². The first-order chi connectivity index (χ1) is 12.6. The highest BCUT2D eigenvalue weighted by atomic mass is 16.4. The minimum Gasteiger partial charge on any atom is -0.394 e. The zero-order valence-corrected chi connectivity index (χ0v) is 16.1. The summed E-state index contributed by atoms with van der Waals surface area (Å²) in [6.45, 7) is 3.45. The topological polar surface area (TPSA) is 118 Å². The standard InChI is InChI=1S/C21H32O6/c1-19-5-3-11(23)7-14(19)15(24)8-12-13-4-6-21(27,17(26)10-22)20(13,2)9-16(25)18(12)19/h7,12-13,15-18,22,24-27H,3-6,8-10H2,1-2H3/t12-,13+,15+,16-,17?,18+,19-,20-,21-/m0/s1. The molecule has 6 nitrogen and oxygen atoms in total. The highest BCUT2D eigenvalue weighted by Gasteiger charge is 2.68. The van der Waals surface area contributed by atoms with Gasteiger partial charge in [0.1, 0.15) is 6.10 Å². The monoisotopic (exact) mass is 380 g/mol. The van der Waals surface area contributed by atoms with Crippen LogP contribution in [0.5, 0.6) is 0 Å². The van der Waals surface area contributed by atoms with Crippen LogP contribution >= 0.6 is 0 Å². The molecule has 3 fully saturated rings. The second-order valence-corrected chi connectivity index (χ2v) is 9.88. The highest BCUT2D eigenvalue weighted by molar-refractivity contribution is 5.91. The Bertz CT molecular complexity index is 676. The molecule has 4 aliphatic rings. The molecule has 27 heavy (non-hydrogen) atoms. The number of aliphatic hydroxyl groups is 5. The predicted octanol–water partition coefficient (Wildman–Crippen LogP) is 0.544. The number of rotatable bonds is 2. The lowest BCUT2D eigenvalue weighted by Gasteiger charge is -2.61. The Morgan fingerprint density at radius 1 is 1.26 bits per heavy atom. The molecule has 6 heteroatoms. The van der Waals surface area contributed by atoms with Crippen molar-refractivity contribution in [1.82, 2.24) is 0 Å². The van der Waals surface area contributed by atoms with Crippen LogP contribution in [0.4, 0.5) is 0 Å². The van der Waals surface area contributed by atoms with Crippen LogP contribution in [0.3, 0.4) is 0 Å². The molecule has 0 amide bonds. The second-order valence-electron chi connectivity index (χ2n) is 9.88. The summed E-state index contributed by atoms with van der Waals surface area (Å²) >= 11 is 0. The Kier molecular flexibility index (Phi) is 4.41. The van der Waals surface area contributed by atoms with Gasteiger partial charge in [-0.25, -0.2) is 0 Å². The van der Waals surface area contributed by atoms with Crippen molar-refractivity contribution >= 4 is 5.78 Å². The number of carbonyl (C=O) groups is 1. The van der Waals surface area contributed by atoms with Crippen molar-refractivity contribution in [1.29, 1.82) is 0 Å². The van der Waals surface area contributed by atoms with Gasteiger partial charge in [-0.3, -0.25) is 4.79 Å². The van der Waals surface area contributed by atoms with Gasteiger partial charge in [-0.15, -0.1) is 0 Å². The average molecular weight is 380 g/mol. The van der Waals surface area contributed by atoms with E-state index in [0.29, 0.717) is 38.5 Å². The summed E-state index contributed by atoms with van der Waals surface area (Å²) in [6, 6.07) is 0. The highest BCUT2D eigenvalue weighted by Crippen LogP contribution is 2.67. The van der Waals surface area contributed by atoms with Crippen LogP contribution in [0, 0.1) is 28.6 Å². The van der Waals surface area contributed by atoms with Gasteiger partial charge in [-0.1, -0.05) is 13.8 Å². The summed E-state index contributed by atoms with van der Waals surface area (Å²) in [5.41, 5.74) is -1.83. The molecule has 4 aliphatic carbocycles. The Hall–Kier alpha value is -0.790. The minimum absolute atomic E-state index is 0.00372. The molecule has 3 saturated carbocycles. The maximum Gasteiger partial charge on any atom is 0.155 e. The largest absolute Gasteiger partial charge is 0.394 e. The third kappa shape index (κ3) is 2.40. The molecule has 0 radical (unpaired) electrons. The molecule has 0 heterocycles. The van der Waals surface area contributed by atoms with E-state index in [9.17, 15) is 30.3 Å². The van der Waals surface area contributed by atoms with E-state index in [2.05, 4.69) is 6.92 Å². The van der Waals surface area contributed by atoms with E-state index in [4.69, 9.17) is 0 Å². The summed E-state index contributed by atoms with van der Waals surface area (Å²) in [4.78, 5) is 11.9. The molecule has 0 aromatic rings. The molecule has 0 aliphatic heterocycles. The quantitative estimate of drug-likeness (QED) is 0.477. The van der Waals surface area contributed by atoms with Crippen LogP contribution in [0.15, 0.2) is 11.6 Å². The Balaban J connectivity index is 1.76. The maximum absolute atomic E-state index is 11.9. The third-order valence-electron chi connectivity index (χ3n) is 8.85. The van der Waals surface area contributed by atoms with Gasteiger partial charge in [0.05, 0.1) is 24.4 Å². The SMILES string of the molecule is C[C@]12CCC(=O)C=C1[C@H](O)C[C@@H]1[C@@H]2[C@@H](O)C[C@@]2(C)[C@@H]1CC[C@]2(O)C(O)CO. The molecule has 5 N–H and O–H groups in total. The van der Waals surface area contributed by atoms with Crippen molar-refractivity contribution in [3.63, 3.8) is 0 Å². The summed E-state index contributed by atoms with van der Waals surface area (Å²) in [5.74, 6) is 0.00939. The van der Waals surface area contributed by atoms with Crippen LogP contribution in [0.1, 0.15) is 52.4 Å². The number of fused-ring (bicyclic) bond motifs is 5. The normalized spacial score (nSPS) is 53.2. The summed E-state index contributed by atoms with van der Waals surface area (Å²) in [7, 11) is 0. The van der Waals surface area contributed by atoms with Crippen LogP contribution in [-0.2, 0) is 4.79 Å². The van der Waals surface area contributed by atoms with Crippen LogP contribution in [-0.4, -0.2) is 61.8 Å². The second kappa shape index (κ2) is 6.10. The first kappa shape index (κ1) is 19.5. The molecule has 0 aromatic heterocycles. The van der Waals surface area contributed by atoms with E-state index in [1.807, 2.05) is 6.92 Å². The van der Waals surface area contributed by atoms with Gasteiger partial charge in [0, 0.05) is 11.8 Å². The Labute approximate surface area is 159 Å². The zero-order chi connectivity index (χ0) is 19.8. The van der Waals surface area contributed by atoms with Gasteiger partial charge >= 0.3 is 0 Å². The van der Waals surface area contributed by atoms with E-state index in [0.717, 1.165) is 5.57 Å². The molecular formula is C21H32O6. The number of aliphatic hydroxyl groups excluding tert-OH is 4. The molecule has 1 unspecified atom stereocenters. The zero-order valence-electron chi connectivity index (χ0n) is 16.1. The molecule has 4 rings (SSSR count). The molecular weight excluding hydrogens is 348 g/mol. The summed E-state index contributed by atoms with van der Waals surface area (Å²) < 4.78 is 0. The van der Waals surface area contributed by atoms with Crippen LogP contribution in [0.25, 0.3) is 0 Å². The van der Waals surface area contributed by atoms with Crippen LogP contribution in [0.2, 0.25) is 0 Å². The lowest BCUT2D eigenvalue weighted by Crippen LogP contribution is -2.64. The molecule has 0 saturated heterocycles. The van der Waals surface area contributed by atoms with Gasteiger partial charge in [0.25, 0.3) is 0 Å². The first-order valence-corrected chi connectivity index (χ1v) is 10.2. The smallest absolute Gasteiger partial charge is 0.155 e. The number of hydrogen-bond donors (Lipinski definition) is 5. The fraction of sp³-hybridized carbons (Fsp3) is 0.857. The molecule has 9 atom stereocenters. The Morgan fingerprint density at radius 2 is 1.96 bits per heavy atom. The Morgan fingerprint density at radius 3 is 2.63 bits per heavy atom. The summed E-state index contributed by atoms with van der Waals surface area (Å²) in [5, 5.41) is 53.2. The van der Waals surface area contributed by atoms with E-state index < -0.39 is 41.3 Å². The lowest BCUT2D eigenvalue weighted by molar-refractivity contribution is -0.212. The van der Waals surface area contributed by atoms with E-state index >= 15 is 0 Å². The van der Waals surface area contributed by atoms with Crippen molar-refractivity contribution < 1.29 is 30.3 Å². The van der Waals surface area contributed by atoms with Gasteiger partial charge in [-0.05, 0) is 66.9 Å². The molecule has 0 bridgehead atoms. The van der Waals surface area contributed by atoms with Crippen LogP contribution < -0.4 is 0 Å². The average Bonchev–Trinajstić information content (AvgIpc) is 2.87. The summed E-state index contributed by atoms with van der Waals surface area (Å²) in [6.07, 6.45) is 1.86. The van der Waals surface area contributed by atoms with E-state index in [-0.39, 0.29) is 23.5 Å². The van der Waals surface area contributed by atoms with Crippen molar-refractivity contribution in [2.75, 3.05) is 6.61 Å². The van der Waals surface area contributed by atoms with Crippen molar-refractivity contribution in [2.45, 2.75) is 76.3 Å². The number of ketones is 1. The van der Waals surface area contributed by atoms with Crippen molar-refractivity contribution in [3.05, 3.63) is 11.6 Å². The molecule has 0 spiro atoms. The maximum atomic E-state index is 11.9. The van der Waals surface area contributed by atoms with Gasteiger partial charge in [-0.2, -0.15) is 0 Å². The predicted molar refractivity (Wildman–Crippen MR) is 97.5 cm³/mol. The number of hydrogen-bond acceptors (Lipinski definition) is 6. The van der Waals surface area contributed by atoms with E-state index in [1.165, 1.54) is 0 Å². The third-order valence-corrected chi connectivity index (χ3v) is 8.85. The number of carbonyl (C=O) groups excluding carboxylic acids is 1. The fourth-order valence-electron chi connectivity index (χ4n) is 7.48. The van der Waals surface area contributed by atoms with Gasteiger partial charge in [0.2, 0.25) is 0 Å².